The molecule has 0 saturated heterocycles. The summed E-state index contributed by atoms with van der Waals surface area (Å²) in [6.45, 7) is 0. The highest BCUT2D eigenvalue weighted by atomic mass is 16.6. The number of hydrogen-bond acceptors (Lipinski definition) is 3. The van der Waals surface area contributed by atoms with Crippen molar-refractivity contribution in [1.82, 2.24) is 0 Å². The van der Waals surface area contributed by atoms with Gasteiger partial charge in [-0.1, -0.05) is 24.3 Å². The van der Waals surface area contributed by atoms with Gasteiger partial charge < -0.3 is 0 Å². The van der Waals surface area contributed by atoms with E-state index in [1.54, 1.807) is 30.3 Å². The van der Waals surface area contributed by atoms with Gasteiger partial charge in [-0.15, -0.1) is 0 Å². The van der Waals surface area contributed by atoms with Crippen molar-refractivity contribution in [2.24, 2.45) is 0 Å². The maximum atomic E-state index is 10.8. The van der Waals surface area contributed by atoms with Crippen LogP contribution in [0.5, 0.6) is 0 Å². The van der Waals surface area contributed by atoms with E-state index in [-0.39, 0.29) is 11.3 Å². The van der Waals surface area contributed by atoms with Gasteiger partial charge in [0.1, 0.15) is 11.6 Å². The van der Waals surface area contributed by atoms with E-state index in [1.165, 1.54) is 6.07 Å². The smallest absolute Gasteiger partial charge is 0.258 e. The molecule has 0 atom stereocenters. The van der Waals surface area contributed by atoms with Crippen LogP contribution in [0.25, 0.3) is 10.8 Å². The lowest BCUT2D eigenvalue weighted by molar-refractivity contribution is -0.383. The number of nitriles is 1. The average molecular weight is 198 g/mol. The van der Waals surface area contributed by atoms with Crippen LogP contribution in [0.1, 0.15) is 5.56 Å². The van der Waals surface area contributed by atoms with E-state index < -0.39 is 4.92 Å². The molecule has 2 aromatic carbocycles. The Labute approximate surface area is 85.5 Å². The predicted octanol–water partition coefficient (Wildman–Crippen LogP) is 2.62. The van der Waals surface area contributed by atoms with Gasteiger partial charge in [-0.25, -0.2) is 0 Å². The topological polar surface area (TPSA) is 66.9 Å². The molecule has 0 saturated carbocycles. The fraction of sp³-hybridized carbons (Fsp3) is 0. The van der Waals surface area contributed by atoms with E-state index in [9.17, 15) is 10.1 Å². The first kappa shape index (κ1) is 9.16. The van der Waals surface area contributed by atoms with Crippen LogP contribution in [0, 0.1) is 21.4 Å². The van der Waals surface area contributed by atoms with E-state index in [1.807, 2.05) is 6.07 Å². The van der Waals surface area contributed by atoms with Crippen molar-refractivity contribution < 1.29 is 4.92 Å². The van der Waals surface area contributed by atoms with Gasteiger partial charge in [-0.05, 0) is 17.5 Å². The predicted molar refractivity (Wildman–Crippen MR) is 55.3 cm³/mol. The number of hydrogen-bond donors (Lipinski definition) is 0. The van der Waals surface area contributed by atoms with Crippen LogP contribution in [0.2, 0.25) is 0 Å². The van der Waals surface area contributed by atoms with E-state index in [0.717, 1.165) is 5.39 Å². The van der Waals surface area contributed by atoms with Crippen LogP contribution in [-0.2, 0) is 0 Å². The zero-order valence-corrected chi connectivity index (χ0v) is 7.68. The monoisotopic (exact) mass is 198 g/mol. The highest BCUT2D eigenvalue weighted by molar-refractivity contribution is 5.93. The Balaban J connectivity index is 2.92. The van der Waals surface area contributed by atoms with Crippen molar-refractivity contribution in [3.63, 3.8) is 0 Å². The SMILES string of the molecule is N#Cc1ccc2ccccc2c1[N+](=O)[O-]. The minimum atomic E-state index is -0.513. The molecule has 4 nitrogen and oxygen atoms in total. The zero-order chi connectivity index (χ0) is 10.8. The summed E-state index contributed by atoms with van der Waals surface area (Å²) in [6.07, 6.45) is 0. The highest BCUT2D eigenvalue weighted by Gasteiger charge is 2.17. The standard InChI is InChI=1S/C11H6N2O2/c12-7-9-6-5-8-3-1-2-4-10(8)11(9)13(14)15/h1-6H. The number of nitrogens with zero attached hydrogens (tertiary/aromatic N) is 2. The van der Waals surface area contributed by atoms with Gasteiger partial charge >= 0.3 is 0 Å². The van der Waals surface area contributed by atoms with Crippen molar-refractivity contribution in [1.29, 1.82) is 5.26 Å². The molecule has 0 radical (unpaired) electrons. The Morgan fingerprint density at radius 3 is 2.60 bits per heavy atom. The molecule has 0 aliphatic carbocycles. The summed E-state index contributed by atoms with van der Waals surface area (Å²) in [5.74, 6) is 0. The first-order valence-electron chi connectivity index (χ1n) is 4.30. The second-order valence-corrected chi connectivity index (χ2v) is 3.05. The maximum Gasteiger partial charge on any atom is 0.294 e. The average Bonchev–Trinajstić information content (AvgIpc) is 2.27. The second-order valence-electron chi connectivity index (χ2n) is 3.05. The summed E-state index contributed by atoms with van der Waals surface area (Å²) in [7, 11) is 0. The van der Waals surface area contributed by atoms with Crippen molar-refractivity contribution in [2.45, 2.75) is 0 Å². The van der Waals surface area contributed by atoms with Gasteiger partial charge in [0.05, 0.1) is 10.3 Å². The molecule has 15 heavy (non-hydrogen) atoms. The largest absolute Gasteiger partial charge is 0.294 e. The molecule has 0 aromatic heterocycles. The first-order chi connectivity index (χ1) is 7.24. The molecule has 0 aliphatic rings. The molecule has 0 spiro atoms. The summed E-state index contributed by atoms with van der Waals surface area (Å²) in [6, 6.07) is 12.0. The number of nitro benzene ring substituents is 1. The molecule has 2 aromatic rings. The minimum Gasteiger partial charge on any atom is -0.258 e. The Morgan fingerprint density at radius 2 is 1.93 bits per heavy atom. The molecule has 0 fully saturated rings. The van der Waals surface area contributed by atoms with E-state index in [0.29, 0.717) is 5.39 Å². The third-order valence-electron chi connectivity index (χ3n) is 2.20. The Hall–Kier alpha value is -2.41. The summed E-state index contributed by atoms with van der Waals surface area (Å²) in [4.78, 5) is 10.3. The van der Waals surface area contributed by atoms with Gasteiger partial charge in [0.15, 0.2) is 0 Å². The van der Waals surface area contributed by atoms with Crippen LogP contribution in [0.4, 0.5) is 5.69 Å². The molecule has 0 N–H and O–H groups in total. The molecular weight excluding hydrogens is 192 g/mol. The lowest BCUT2D eigenvalue weighted by atomic mass is 10.1. The van der Waals surface area contributed by atoms with E-state index in [2.05, 4.69) is 0 Å². The summed E-state index contributed by atoms with van der Waals surface area (Å²) in [5.41, 5.74) is -0.0192. The Bertz CT molecular complexity index is 585. The number of rotatable bonds is 1. The molecule has 0 bridgehead atoms. The third kappa shape index (κ3) is 1.40. The summed E-state index contributed by atoms with van der Waals surface area (Å²) in [5, 5.41) is 20.9. The van der Waals surface area contributed by atoms with Crippen LogP contribution >= 0.6 is 0 Å². The normalized spacial score (nSPS) is 9.80. The van der Waals surface area contributed by atoms with Crippen LogP contribution in [-0.4, -0.2) is 4.92 Å². The summed E-state index contributed by atoms with van der Waals surface area (Å²) < 4.78 is 0. The molecular formula is C11H6N2O2. The molecule has 2 rings (SSSR count). The van der Waals surface area contributed by atoms with Gasteiger partial charge in [-0.3, -0.25) is 10.1 Å². The molecule has 0 unspecified atom stereocenters. The summed E-state index contributed by atoms with van der Waals surface area (Å²) >= 11 is 0. The number of fused-ring (bicyclic) bond motifs is 1. The highest BCUT2D eigenvalue weighted by Crippen LogP contribution is 2.28. The Kier molecular flexibility index (Phi) is 2.07. The quantitative estimate of drug-likeness (QED) is 0.522. The lowest BCUT2D eigenvalue weighted by Crippen LogP contribution is -1.93. The van der Waals surface area contributed by atoms with Crippen LogP contribution in [0.3, 0.4) is 0 Å². The number of benzene rings is 2. The fourth-order valence-electron chi connectivity index (χ4n) is 1.54. The first-order valence-corrected chi connectivity index (χ1v) is 4.30. The second kappa shape index (κ2) is 3.39. The minimum absolute atomic E-state index is 0.0960. The zero-order valence-electron chi connectivity index (χ0n) is 7.68. The molecule has 0 amide bonds. The van der Waals surface area contributed by atoms with Gasteiger partial charge in [0, 0.05) is 0 Å². The van der Waals surface area contributed by atoms with Gasteiger partial charge in [0.25, 0.3) is 5.69 Å². The van der Waals surface area contributed by atoms with E-state index >= 15 is 0 Å². The van der Waals surface area contributed by atoms with Crippen molar-refractivity contribution >= 4 is 16.5 Å². The van der Waals surface area contributed by atoms with Crippen LogP contribution in [0.15, 0.2) is 36.4 Å². The maximum absolute atomic E-state index is 10.8. The van der Waals surface area contributed by atoms with E-state index in [4.69, 9.17) is 5.26 Å². The van der Waals surface area contributed by atoms with Crippen LogP contribution < -0.4 is 0 Å². The molecule has 0 heterocycles. The van der Waals surface area contributed by atoms with Gasteiger partial charge in [-0.2, -0.15) is 5.26 Å². The van der Waals surface area contributed by atoms with Crippen molar-refractivity contribution in [3.8, 4) is 6.07 Å². The molecule has 0 aliphatic heterocycles. The van der Waals surface area contributed by atoms with Gasteiger partial charge in [0.2, 0.25) is 0 Å². The fourth-order valence-corrected chi connectivity index (χ4v) is 1.54. The number of nitro groups is 1. The van der Waals surface area contributed by atoms with Crippen molar-refractivity contribution in [2.75, 3.05) is 0 Å². The Morgan fingerprint density at radius 1 is 1.20 bits per heavy atom. The molecule has 72 valence electrons. The van der Waals surface area contributed by atoms with Crippen molar-refractivity contribution in [3.05, 3.63) is 52.1 Å². The lowest BCUT2D eigenvalue weighted by Gasteiger charge is -2.00. The third-order valence-corrected chi connectivity index (χ3v) is 2.20. The molecule has 4 heteroatoms.